The minimum absolute atomic E-state index is 0.0837. The standard InChI is InChI=1S/C32H43BO3.C27H31F3O4S/c1-9-32(10-2,26-14-13-25(23(3)21-26)17-20-31(34)18-11-12-19-31)27-15-16-28(24(4)22-27)33-35-29(5,6)30(7,8)36-33;1-5-26(6-2,23-11-12-24(20(4)18-23)34-35(32,33)27(28,29)30)22-10-9-21(19(3)17-22)13-16-25(31)14-7-8-15-25/h13-16,21-22,34H,9-12,18-19H2,1-8H3;9-12,17-18,31H,5-8,14-15H2,1-4H3. The van der Waals surface area contributed by atoms with Gasteiger partial charge in [-0.25, -0.2) is 0 Å². The predicted molar refractivity (Wildman–Crippen MR) is 279 cm³/mol. The van der Waals surface area contributed by atoms with Crippen molar-refractivity contribution >= 4 is 22.7 Å². The van der Waals surface area contributed by atoms with Crippen molar-refractivity contribution in [3.8, 4) is 29.4 Å². The minimum Gasteiger partial charge on any atom is -0.399 e. The van der Waals surface area contributed by atoms with Gasteiger partial charge in [0.1, 0.15) is 17.0 Å². The molecule has 0 bridgehead atoms. The van der Waals surface area contributed by atoms with Crippen LogP contribution in [0.2, 0.25) is 0 Å². The van der Waals surface area contributed by atoms with Gasteiger partial charge in [0.2, 0.25) is 0 Å². The van der Waals surface area contributed by atoms with Crippen molar-refractivity contribution in [3.63, 3.8) is 0 Å². The second-order valence-corrected chi connectivity index (χ2v) is 22.8. The van der Waals surface area contributed by atoms with E-state index in [-0.39, 0.29) is 29.5 Å². The van der Waals surface area contributed by atoms with E-state index in [1.54, 1.807) is 12.1 Å². The van der Waals surface area contributed by atoms with Crippen molar-refractivity contribution in [2.75, 3.05) is 0 Å². The van der Waals surface area contributed by atoms with Gasteiger partial charge < -0.3 is 23.7 Å². The lowest BCUT2D eigenvalue weighted by molar-refractivity contribution is -0.0500. The van der Waals surface area contributed by atoms with E-state index in [1.165, 1.54) is 35.2 Å². The van der Waals surface area contributed by atoms with Gasteiger partial charge in [0, 0.05) is 22.0 Å². The van der Waals surface area contributed by atoms with Gasteiger partial charge in [-0.1, -0.05) is 112 Å². The van der Waals surface area contributed by atoms with E-state index >= 15 is 0 Å². The predicted octanol–water partition coefficient (Wildman–Crippen LogP) is 12.7. The number of halogens is 3. The summed E-state index contributed by atoms with van der Waals surface area (Å²) < 4.78 is 78.2. The maximum atomic E-state index is 12.7. The van der Waals surface area contributed by atoms with Crippen LogP contribution in [-0.2, 0) is 30.3 Å². The molecule has 7 rings (SSSR count). The van der Waals surface area contributed by atoms with Gasteiger partial charge in [-0.05, 0) is 195 Å². The fourth-order valence-corrected chi connectivity index (χ4v) is 11.1. The van der Waals surface area contributed by atoms with Crippen LogP contribution in [0.5, 0.6) is 5.75 Å². The Morgan fingerprint density at radius 1 is 0.577 bits per heavy atom. The third-order valence-electron chi connectivity index (χ3n) is 16.2. The van der Waals surface area contributed by atoms with Crippen LogP contribution in [0.3, 0.4) is 0 Å². The van der Waals surface area contributed by atoms with Crippen molar-refractivity contribution in [1.29, 1.82) is 0 Å². The Labute approximate surface area is 423 Å². The van der Waals surface area contributed by atoms with Crippen LogP contribution in [0.1, 0.15) is 188 Å². The molecule has 2 aliphatic carbocycles. The molecule has 3 fully saturated rings. The molecule has 1 saturated heterocycles. The van der Waals surface area contributed by atoms with E-state index < -0.39 is 32.2 Å². The topological polar surface area (TPSA) is 102 Å². The Bertz CT molecular complexity index is 2790. The zero-order valence-corrected chi connectivity index (χ0v) is 44.8. The van der Waals surface area contributed by atoms with Crippen molar-refractivity contribution in [3.05, 3.63) is 128 Å². The number of benzene rings is 4. The molecule has 1 heterocycles. The molecule has 3 aliphatic rings. The van der Waals surface area contributed by atoms with Gasteiger partial charge in [0.25, 0.3) is 0 Å². The maximum Gasteiger partial charge on any atom is 0.534 e. The summed E-state index contributed by atoms with van der Waals surface area (Å²) in [5, 5.41) is 21.2. The molecule has 382 valence electrons. The van der Waals surface area contributed by atoms with Gasteiger partial charge in [0.05, 0.1) is 11.2 Å². The van der Waals surface area contributed by atoms with E-state index in [0.717, 1.165) is 84.6 Å². The molecule has 1 aliphatic heterocycles. The second-order valence-electron chi connectivity index (χ2n) is 21.2. The summed E-state index contributed by atoms with van der Waals surface area (Å²) >= 11 is 0. The molecule has 0 spiro atoms. The van der Waals surface area contributed by atoms with Gasteiger partial charge in [-0.3, -0.25) is 0 Å². The summed E-state index contributed by atoms with van der Waals surface area (Å²) in [6.45, 7) is 24.8. The molecule has 2 N–H and O–H groups in total. The van der Waals surface area contributed by atoms with Crippen molar-refractivity contribution in [1.82, 2.24) is 0 Å². The summed E-state index contributed by atoms with van der Waals surface area (Å²) in [7, 11) is -6.09. The van der Waals surface area contributed by atoms with E-state index in [9.17, 15) is 31.8 Å². The summed E-state index contributed by atoms with van der Waals surface area (Å²) in [5.41, 5.74) is 2.66. The van der Waals surface area contributed by atoms with Crippen LogP contribution < -0.4 is 9.65 Å². The van der Waals surface area contributed by atoms with E-state index in [0.29, 0.717) is 31.2 Å². The summed E-state index contributed by atoms with van der Waals surface area (Å²) in [5.74, 6) is 12.3. The fraction of sp³-hybridized carbons (Fsp3) is 0.525. The Hall–Kier alpha value is -4.56. The first kappa shape index (κ1) is 55.8. The number of alkyl halides is 3. The normalized spacial score (nSPS) is 18.2. The number of hydrogen-bond acceptors (Lipinski definition) is 7. The number of aliphatic hydroxyl groups is 2. The number of aryl methyl sites for hydroxylation is 4. The summed E-state index contributed by atoms with van der Waals surface area (Å²) in [4.78, 5) is 0. The van der Waals surface area contributed by atoms with Crippen LogP contribution in [0.15, 0.2) is 72.8 Å². The largest absolute Gasteiger partial charge is 0.534 e. The van der Waals surface area contributed by atoms with E-state index in [2.05, 4.69) is 126 Å². The van der Waals surface area contributed by atoms with Crippen LogP contribution >= 0.6 is 0 Å². The molecule has 0 unspecified atom stereocenters. The van der Waals surface area contributed by atoms with Crippen molar-refractivity contribution in [2.24, 2.45) is 0 Å². The zero-order valence-electron chi connectivity index (χ0n) is 44.0. The average molecular weight is 995 g/mol. The highest BCUT2D eigenvalue weighted by atomic mass is 32.2. The lowest BCUT2D eigenvalue weighted by Crippen LogP contribution is -2.41. The highest BCUT2D eigenvalue weighted by Gasteiger charge is 2.52. The smallest absolute Gasteiger partial charge is 0.399 e. The number of hydrogen-bond donors (Lipinski definition) is 2. The number of rotatable bonds is 11. The fourth-order valence-electron chi connectivity index (χ4n) is 10.6. The molecule has 0 amide bonds. The highest BCUT2D eigenvalue weighted by Crippen LogP contribution is 2.43. The molecule has 0 aromatic heterocycles. The molecule has 7 nitrogen and oxygen atoms in total. The molecular weight excluding hydrogens is 921 g/mol. The summed E-state index contributed by atoms with van der Waals surface area (Å²) in [6, 6.07) is 24.0. The van der Waals surface area contributed by atoms with Gasteiger partial charge in [-0.15, -0.1) is 0 Å². The molecule has 0 radical (unpaired) electrons. The molecule has 12 heteroatoms. The third-order valence-corrected chi connectivity index (χ3v) is 17.2. The Balaban J connectivity index is 0.000000233. The molecule has 0 atom stereocenters. The van der Waals surface area contributed by atoms with Gasteiger partial charge in [0.15, 0.2) is 0 Å². The lowest BCUT2D eigenvalue weighted by Gasteiger charge is -2.34. The molecule has 71 heavy (non-hydrogen) atoms. The second kappa shape index (κ2) is 21.1. The van der Waals surface area contributed by atoms with Crippen LogP contribution in [0.4, 0.5) is 13.2 Å². The van der Waals surface area contributed by atoms with E-state index in [4.69, 9.17) is 9.31 Å². The average Bonchev–Trinajstić information content (AvgIpc) is 4.00. The first-order valence-corrected chi connectivity index (χ1v) is 26.9. The van der Waals surface area contributed by atoms with Gasteiger partial charge in [-0.2, -0.15) is 21.6 Å². The highest BCUT2D eigenvalue weighted by molar-refractivity contribution is 7.88. The zero-order chi connectivity index (χ0) is 52.4. The van der Waals surface area contributed by atoms with Gasteiger partial charge >= 0.3 is 22.7 Å². The minimum atomic E-state index is -5.74. The molecule has 4 aromatic carbocycles. The first-order chi connectivity index (χ1) is 33.1. The Morgan fingerprint density at radius 2 is 0.930 bits per heavy atom. The van der Waals surface area contributed by atoms with Crippen molar-refractivity contribution < 1.29 is 45.3 Å². The molecule has 4 aromatic rings. The maximum absolute atomic E-state index is 12.7. The lowest BCUT2D eigenvalue weighted by atomic mass is 9.68. The summed E-state index contributed by atoms with van der Waals surface area (Å²) in [6.07, 6.45) is 10.5. The first-order valence-electron chi connectivity index (χ1n) is 25.4. The monoisotopic (exact) mass is 995 g/mol. The Morgan fingerprint density at radius 3 is 1.27 bits per heavy atom. The molecular formula is C59H74BF3O7S. The van der Waals surface area contributed by atoms with Crippen molar-refractivity contribution in [2.45, 2.75) is 199 Å². The third kappa shape index (κ3) is 11.6. The molecule has 2 saturated carbocycles. The SMILES string of the molecule is CCC(CC)(c1ccc(C#CC2(O)CCCC2)c(C)c1)c1ccc(B2OC(C)(C)C(C)(C)O2)c(C)c1.CCC(CC)(c1ccc(C#CC2(O)CCCC2)c(C)c1)c1ccc(OS(=O)(=O)C(F)(F)F)c(C)c1. The van der Waals surface area contributed by atoms with Crippen LogP contribution in [0, 0.1) is 51.4 Å². The Kier molecular flexibility index (Phi) is 16.6. The van der Waals surface area contributed by atoms with Crippen LogP contribution in [-0.4, -0.2) is 53.7 Å². The van der Waals surface area contributed by atoms with Crippen LogP contribution in [0.25, 0.3) is 0 Å². The quantitative estimate of drug-likeness (QED) is 0.0668. The van der Waals surface area contributed by atoms with E-state index in [1.807, 2.05) is 32.9 Å².